The van der Waals surface area contributed by atoms with Gasteiger partial charge in [-0.15, -0.1) is 0 Å². The fraction of sp³-hybridized carbons (Fsp3) is 0.917. The predicted molar refractivity (Wildman–Crippen MR) is 67.8 cm³/mol. The third kappa shape index (κ3) is 4.61. The van der Waals surface area contributed by atoms with E-state index in [9.17, 15) is 4.79 Å². The molecule has 0 aromatic rings. The highest BCUT2D eigenvalue weighted by Crippen LogP contribution is 2.11. The second kappa shape index (κ2) is 6.93. The summed E-state index contributed by atoms with van der Waals surface area (Å²) in [6, 6.07) is 0.318. The van der Waals surface area contributed by atoms with E-state index in [0.29, 0.717) is 25.7 Å². The van der Waals surface area contributed by atoms with Gasteiger partial charge in [0, 0.05) is 26.2 Å². The molecular weight excluding hydrogens is 218 g/mol. The minimum atomic E-state index is 0.166. The molecule has 1 aliphatic rings. The van der Waals surface area contributed by atoms with Gasteiger partial charge in [0.2, 0.25) is 5.91 Å². The van der Waals surface area contributed by atoms with Crippen LogP contribution in [-0.2, 0) is 9.53 Å². The second-order valence-electron chi connectivity index (χ2n) is 4.88. The maximum absolute atomic E-state index is 12.0. The van der Waals surface area contributed by atoms with E-state index in [2.05, 4.69) is 11.8 Å². The van der Waals surface area contributed by atoms with Gasteiger partial charge in [0.05, 0.1) is 19.3 Å². The molecule has 5 heteroatoms. The van der Waals surface area contributed by atoms with Crippen LogP contribution >= 0.6 is 0 Å². The zero-order chi connectivity index (χ0) is 12.8. The minimum absolute atomic E-state index is 0.166. The van der Waals surface area contributed by atoms with Crippen LogP contribution in [0.25, 0.3) is 0 Å². The maximum atomic E-state index is 12.0. The third-order valence-electron chi connectivity index (χ3n) is 3.20. The number of likely N-dealkylation sites (N-methyl/N-ethyl adjacent to an activating group) is 1. The van der Waals surface area contributed by atoms with Crippen molar-refractivity contribution in [2.24, 2.45) is 5.73 Å². The van der Waals surface area contributed by atoms with E-state index in [1.807, 2.05) is 14.0 Å². The van der Waals surface area contributed by atoms with E-state index in [1.165, 1.54) is 0 Å². The maximum Gasteiger partial charge on any atom is 0.236 e. The zero-order valence-corrected chi connectivity index (χ0v) is 11.2. The van der Waals surface area contributed by atoms with Gasteiger partial charge in [0.1, 0.15) is 0 Å². The largest absolute Gasteiger partial charge is 0.376 e. The molecule has 1 amide bonds. The van der Waals surface area contributed by atoms with E-state index < -0.39 is 0 Å². The van der Waals surface area contributed by atoms with Crippen LogP contribution in [0.15, 0.2) is 0 Å². The molecule has 0 spiro atoms. The van der Waals surface area contributed by atoms with Crippen molar-refractivity contribution in [3.63, 3.8) is 0 Å². The first-order chi connectivity index (χ1) is 8.04. The summed E-state index contributed by atoms with van der Waals surface area (Å²) >= 11 is 0. The van der Waals surface area contributed by atoms with Crippen molar-refractivity contribution in [2.75, 3.05) is 39.8 Å². The number of rotatable bonds is 5. The Morgan fingerprint density at radius 3 is 2.88 bits per heavy atom. The molecule has 0 aliphatic carbocycles. The number of hydrogen-bond acceptors (Lipinski definition) is 4. The molecule has 2 unspecified atom stereocenters. The lowest BCUT2D eigenvalue weighted by molar-refractivity contribution is -0.134. The first-order valence-electron chi connectivity index (χ1n) is 6.34. The fourth-order valence-corrected chi connectivity index (χ4v) is 1.94. The Kier molecular flexibility index (Phi) is 5.88. The van der Waals surface area contributed by atoms with Gasteiger partial charge in [0.15, 0.2) is 0 Å². The van der Waals surface area contributed by atoms with Crippen LogP contribution in [0.1, 0.15) is 20.3 Å². The molecule has 1 saturated heterocycles. The number of hydrogen-bond donors (Lipinski definition) is 1. The fourth-order valence-electron chi connectivity index (χ4n) is 1.94. The van der Waals surface area contributed by atoms with Crippen molar-refractivity contribution in [3.8, 4) is 0 Å². The molecule has 5 nitrogen and oxygen atoms in total. The molecule has 1 heterocycles. The molecule has 1 rings (SSSR count). The smallest absolute Gasteiger partial charge is 0.236 e. The summed E-state index contributed by atoms with van der Waals surface area (Å²) in [5, 5.41) is 0. The number of carbonyl (C=O) groups excluding carboxylic acids is 1. The first kappa shape index (κ1) is 14.4. The molecule has 0 saturated carbocycles. The highest BCUT2D eigenvalue weighted by atomic mass is 16.5. The lowest BCUT2D eigenvalue weighted by Gasteiger charge is -2.37. The first-order valence-corrected chi connectivity index (χ1v) is 6.34. The molecule has 1 aliphatic heterocycles. The lowest BCUT2D eigenvalue weighted by Crippen LogP contribution is -2.51. The van der Waals surface area contributed by atoms with Crippen LogP contribution < -0.4 is 5.73 Å². The van der Waals surface area contributed by atoms with E-state index in [1.54, 1.807) is 4.90 Å². The summed E-state index contributed by atoms with van der Waals surface area (Å²) < 4.78 is 5.54. The highest BCUT2D eigenvalue weighted by Gasteiger charge is 2.25. The standard InChI is InChI=1S/C12H25N3O2/c1-10-9-17-11(2)7-15(10)8-12(16)14(3)6-4-5-13/h10-11H,4-9,13H2,1-3H3. The number of morpholine rings is 1. The molecule has 1 fully saturated rings. The van der Waals surface area contributed by atoms with Crippen molar-refractivity contribution in [1.29, 1.82) is 0 Å². The molecule has 2 N–H and O–H groups in total. The Bertz CT molecular complexity index is 248. The molecule has 0 aromatic carbocycles. The van der Waals surface area contributed by atoms with Crippen molar-refractivity contribution >= 4 is 5.91 Å². The summed E-state index contributed by atoms with van der Waals surface area (Å²) in [6.07, 6.45) is 1.07. The summed E-state index contributed by atoms with van der Waals surface area (Å²) in [5.74, 6) is 0.166. The number of nitrogens with two attached hydrogens (primary N) is 1. The summed E-state index contributed by atoms with van der Waals surface area (Å²) in [7, 11) is 1.84. The van der Waals surface area contributed by atoms with Gasteiger partial charge >= 0.3 is 0 Å². The minimum Gasteiger partial charge on any atom is -0.376 e. The average Bonchev–Trinajstić information content (AvgIpc) is 2.30. The van der Waals surface area contributed by atoms with Crippen LogP contribution in [0.5, 0.6) is 0 Å². The average molecular weight is 243 g/mol. The van der Waals surface area contributed by atoms with Crippen LogP contribution in [0.2, 0.25) is 0 Å². The van der Waals surface area contributed by atoms with Crippen molar-refractivity contribution in [1.82, 2.24) is 9.80 Å². The Hall–Kier alpha value is -0.650. The Morgan fingerprint density at radius 1 is 1.53 bits per heavy atom. The number of amides is 1. The number of ether oxygens (including phenoxy) is 1. The molecule has 0 aromatic heterocycles. The van der Waals surface area contributed by atoms with Crippen LogP contribution in [-0.4, -0.2) is 67.7 Å². The molecule has 17 heavy (non-hydrogen) atoms. The Labute approximate surface area is 104 Å². The third-order valence-corrected chi connectivity index (χ3v) is 3.20. The topological polar surface area (TPSA) is 58.8 Å². The lowest BCUT2D eigenvalue weighted by atomic mass is 10.2. The normalized spacial score (nSPS) is 25.9. The SMILES string of the molecule is CC1CN(CC(=O)N(C)CCCN)C(C)CO1. The molecule has 0 radical (unpaired) electrons. The highest BCUT2D eigenvalue weighted by molar-refractivity contribution is 5.78. The Morgan fingerprint density at radius 2 is 2.24 bits per heavy atom. The quantitative estimate of drug-likeness (QED) is 0.733. The van der Waals surface area contributed by atoms with E-state index in [0.717, 1.165) is 19.5 Å². The van der Waals surface area contributed by atoms with Gasteiger partial charge < -0.3 is 15.4 Å². The van der Waals surface area contributed by atoms with Crippen molar-refractivity contribution in [3.05, 3.63) is 0 Å². The zero-order valence-electron chi connectivity index (χ0n) is 11.2. The van der Waals surface area contributed by atoms with Crippen LogP contribution in [0.4, 0.5) is 0 Å². The van der Waals surface area contributed by atoms with Gasteiger partial charge in [0.25, 0.3) is 0 Å². The van der Waals surface area contributed by atoms with Crippen molar-refractivity contribution in [2.45, 2.75) is 32.4 Å². The Balaban J connectivity index is 2.38. The van der Waals surface area contributed by atoms with Gasteiger partial charge in [-0.2, -0.15) is 0 Å². The summed E-state index contributed by atoms with van der Waals surface area (Å²) in [5.41, 5.74) is 5.44. The van der Waals surface area contributed by atoms with E-state index in [-0.39, 0.29) is 12.0 Å². The molecule has 100 valence electrons. The molecular formula is C12H25N3O2. The summed E-state index contributed by atoms with van der Waals surface area (Å²) in [4.78, 5) is 15.9. The second-order valence-corrected chi connectivity index (χ2v) is 4.88. The summed E-state index contributed by atoms with van der Waals surface area (Å²) in [6.45, 7) is 7.53. The predicted octanol–water partition coefficient (Wildman–Crippen LogP) is -0.0972. The van der Waals surface area contributed by atoms with E-state index in [4.69, 9.17) is 10.5 Å². The van der Waals surface area contributed by atoms with Gasteiger partial charge in [-0.05, 0) is 26.8 Å². The van der Waals surface area contributed by atoms with Gasteiger partial charge in [-0.3, -0.25) is 9.69 Å². The molecule has 0 bridgehead atoms. The van der Waals surface area contributed by atoms with Crippen LogP contribution in [0.3, 0.4) is 0 Å². The molecule has 2 atom stereocenters. The van der Waals surface area contributed by atoms with Gasteiger partial charge in [-0.25, -0.2) is 0 Å². The van der Waals surface area contributed by atoms with Crippen molar-refractivity contribution < 1.29 is 9.53 Å². The van der Waals surface area contributed by atoms with E-state index >= 15 is 0 Å². The number of carbonyl (C=O) groups is 1. The van der Waals surface area contributed by atoms with Crippen LogP contribution in [0, 0.1) is 0 Å². The number of nitrogens with zero attached hydrogens (tertiary/aromatic N) is 2. The monoisotopic (exact) mass is 243 g/mol. The van der Waals surface area contributed by atoms with Gasteiger partial charge in [-0.1, -0.05) is 0 Å².